The highest BCUT2D eigenvalue weighted by atomic mass is 32.1. The number of rotatable bonds is 5. The molecule has 7 heteroatoms. The molecule has 2 aromatic rings. The van der Waals surface area contributed by atoms with Crippen LogP contribution >= 0.6 is 12.2 Å². The molecule has 1 heterocycles. The van der Waals surface area contributed by atoms with E-state index in [1.807, 2.05) is 26.0 Å². The van der Waals surface area contributed by atoms with Crippen molar-refractivity contribution in [2.24, 2.45) is 0 Å². The summed E-state index contributed by atoms with van der Waals surface area (Å²) in [6.07, 6.45) is 0. The summed E-state index contributed by atoms with van der Waals surface area (Å²) < 4.78 is 12.8. The van der Waals surface area contributed by atoms with Gasteiger partial charge in [0, 0.05) is 18.7 Å². The number of carbonyl (C=O) groups excluding carboxylic acids is 1. The second-order valence-electron chi connectivity index (χ2n) is 4.60. The third-order valence-electron chi connectivity index (χ3n) is 3.34. The maximum atomic E-state index is 12.1. The number of likely N-dealkylation sites (N-methyl/N-ethyl adjacent to an activating group) is 1. The van der Waals surface area contributed by atoms with Crippen LogP contribution in [0.1, 0.15) is 19.9 Å². The summed E-state index contributed by atoms with van der Waals surface area (Å²) in [6, 6.07) is 3.21. The van der Waals surface area contributed by atoms with E-state index in [0.717, 1.165) is 11.0 Å². The molecule has 0 bridgehead atoms. The standard InChI is InChI=1S/C14H19N3O3S/c1-5-15-13(18)8(2)17-10-7-12(20-4)11(19-3)6-9(10)16-14(17)21/h6-8H,5H2,1-4H3,(H,15,18)(H,16,21). The highest BCUT2D eigenvalue weighted by Gasteiger charge is 2.19. The Bertz CT molecular complexity index is 720. The Kier molecular flexibility index (Phi) is 4.52. The van der Waals surface area contributed by atoms with Crippen LogP contribution in [0.15, 0.2) is 12.1 Å². The molecule has 0 saturated carbocycles. The van der Waals surface area contributed by atoms with E-state index in [0.29, 0.717) is 22.8 Å². The fourth-order valence-corrected chi connectivity index (χ4v) is 2.64. The molecule has 0 aliphatic heterocycles. The van der Waals surface area contributed by atoms with Gasteiger partial charge in [0.15, 0.2) is 16.3 Å². The van der Waals surface area contributed by atoms with Gasteiger partial charge in [-0.05, 0) is 26.1 Å². The Hall–Kier alpha value is -2.02. The summed E-state index contributed by atoms with van der Waals surface area (Å²) in [5.74, 6) is 1.12. The third kappa shape index (κ3) is 2.73. The lowest BCUT2D eigenvalue weighted by molar-refractivity contribution is -0.123. The molecule has 1 unspecified atom stereocenters. The van der Waals surface area contributed by atoms with Gasteiger partial charge in [-0.25, -0.2) is 0 Å². The first-order chi connectivity index (χ1) is 10.0. The van der Waals surface area contributed by atoms with Gasteiger partial charge in [0.05, 0.1) is 25.3 Å². The molecule has 0 fully saturated rings. The fourth-order valence-electron chi connectivity index (χ4n) is 2.28. The van der Waals surface area contributed by atoms with Crippen LogP contribution in [0.4, 0.5) is 0 Å². The molecule has 0 spiro atoms. The van der Waals surface area contributed by atoms with Crippen LogP contribution in [-0.4, -0.2) is 36.2 Å². The SMILES string of the molecule is CCNC(=O)C(C)n1c(=S)[nH]c2cc(OC)c(OC)cc21. The number of imidazole rings is 1. The Morgan fingerprint density at radius 2 is 2.00 bits per heavy atom. The molecule has 2 N–H and O–H groups in total. The summed E-state index contributed by atoms with van der Waals surface area (Å²) in [5, 5.41) is 2.80. The molecule has 0 aliphatic rings. The van der Waals surface area contributed by atoms with Gasteiger partial charge in [0.2, 0.25) is 5.91 Å². The van der Waals surface area contributed by atoms with E-state index in [9.17, 15) is 4.79 Å². The van der Waals surface area contributed by atoms with E-state index in [1.165, 1.54) is 0 Å². The van der Waals surface area contributed by atoms with Crippen molar-refractivity contribution >= 4 is 29.2 Å². The quantitative estimate of drug-likeness (QED) is 0.832. The van der Waals surface area contributed by atoms with Crippen molar-refractivity contribution < 1.29 is 14.3 Å². The van der Waals surface area contributed by atoms with Gasteiger partial charge in [-0.1, -0.05) is 0 Å². The van der Waals surface area contributed by atoms with Gasteiger partial charge < -0.3 is 24.3 Å². The average Bonchev–Trinajstić information content (AvgIpc) is 2.79. The Labute approximate surface area is 128 Å². The van der Waals surface area contributed by atoms with E-state index in [-0.39, 0.29) is 5.91 Å². The maximum Gasteiger partial charge on any atom is 0.242 e. The third-order valence-corrected chi connectivity index (χ3v) is 3.64. The number of amides is 1. The lowest BCUT2D eigenvalue weighted by Crippen LogP contribution is -2.30. The highest BCUT2D eigenvalue weighted by molar-refractivity contribution is 7.71. The summed E-state index contributed by atoms with van der Waals surface area (Å²) in [4.78, 5) is 15.2. The van der Waals surface area contributed by atoms with Crippen molar-refractivity contribution in [3.05, 3.63) is 16.9 Å². The first-order valence-corrected chi connectivity index (χ1v) is 7.08. The summed E-state index contributed by atoms with van der Waals surface area (Å²) in [6.45, 7) is 4.27. The molecule has 2 rings (SSSR count). The van der Waals surface area contributed by atoms with Crippen molar-refractivity contribution in [2.45, 2.75) is 19.9 Å². The molecule has 6 nitrogen and oxygen atoms in total. The molecular formula is C14H19N3O3S. The predicted molar refractivity (Wildman–Crippen MR) is 83.6 cm³/mol. The Morgan fingerprint density at radius 3 is 2.57 bits per heavy atom. The summed E-state index contributed by atoms with van der Waals surface area (Å²) >= 11 is 5.34. The lowest BCUT2D eigenvalue weighted by Gasteiger charge is -2.15. The van der Waals surface area contributed by atoms with Crippen LogP contribution in [0, 0.1) is 4.77 Å². The minimum Gasteiger partial charge on any atom is -0.493 e. The van der Waals surface area contributed by atoms with Crippen LogP contribution in [0.3, 0.4) is 0 Å². The van der Waals surface area contributed by atoms with E-state index in [2.05, 4.69) is 10.3 Å². The number of carbonyl (C=O) groups is 1. The number of nitrogens with one attached hydrogen (secondary N) is 2. The molecule has 1 atom stereocenters. The second-order valence-corrected chi connectivity index (χ2v) is 4.98. The molecule has 21 heavy (non-hydrogen) atoms. The lowest BCUT2D eigenvalue weighted by atomic mass is 10.2. The fraction of sp³-hybridized carbons (Fsp3) is 0.429. The van der Waals surface area contributed by atoms with Gasteiger partial charge in [-0.3, -0.25) is 4.79 Å². The van der Waals surface area contributed by atoms with Gasteiger partial charge in [0.25, 0.3) is 0 Å². The highest BCUT2D eigenvalue weighted by Crippen LogP contribution is 2.33. The van der Waals surface area contributed by atoms with Crippen LogP contribution in [0.2, 0.25) is 0 Å². The van der Waals surface area contributed by atoms with Crippen molar-refractivity contribution in [2.75, 3.05) is 20.8 Å². The second kappa shape index (κ2) is 6.17. The van der Waals surface area contributed by atoms with Crippen molar-refractivity contribution in [1.82, 2.24) is 14.9 Å². The largest absolute Gasteiger partial charge is 0.493 e. The summed E-state index contributed by atoms with van der Waals surface area (Å²) in [5.41, 5.74) is 1.60. The van der Waals surface area contributed by atoms with E-state index >= 15 is 0 Å². The topological polar surface area (TPSA) is 68.3 Å². The van der Waals surface area contributed by atoms with E-state index in [1.54, 1.807) is 18.8 Å². The van der Waals surface area contributed by atoms with Crippen LogP contribution < -0.4 is 14.8 Å². The molecular weight excluding hydrogens is 290 g/mol. The first-order valence-electron chi connectivity index (χ1n) is 6.67. The van der Waals surface area contributed by atoms with Crippen LogP contribution in [-0.2, 0) is 4.79 Å². The van der Waals surface area contributed by atoms with Crippen LogP contribution in [0.25, 0.3) is 11.0 Å². The van der Waals surface area contributed by atoms with Gasteiger partial charge in [-0.2, -0.15) is 0 Å². The first kappa shape index (κ1) is 15.4. The van der Waals surface area contributed by atoms with Gasteiger partial charge in [0.1, 0.15) is 6.04 Å². The number of fused-ring (bicyclic) bond motifs is 1. The molecule has 0 aliphatic carbocycles. The number of H-pyrrole nitrogens is 1. The van der Waals surface area contributed by atoms with Crippen molar-refractivity contribution in [3.8, 4) is 11.5 Å². The Balaban J connectivity index is 2.61. The molecule has 1 amide bonds. The number of benzene rings is 1. The average molecular weight is 309 g/mol. The minimum atomic E-state index is -0.413. The zero-order valence-corrected chi connectivity index (χ0v) is 13.3. The van der Waals surface area contributed by atoms with Crippen molar-refractivity contribution in [1.29, 1.82) is 0 Å². The number of hydrogen-bond donors (Lipinski definition) is 2. The number of ether oxygens (including phenoxy) is 2. The predicted octanol–water partition coefficient (Wildman–Crippen LogP) is 2.41. The van der Waals surface area contributed by atoms with Gasteiger partial charge >= 0.3 is 0 Å². The Morgan fingerprint density at radius 1 is 1.38 bits per heavy atom. The maximum absolute atomic E-state index is 12.1. The number of hydrogen-bond acceptors (Lipinski definition) is 4. The van der Waals surface area contributed by atoms with E-state index < -0.39 is 6.04 Å². The number of aromatic nitrogens is 2. The van der Waals surface area contributed by atoms with Crippen LogP contribution in [0.5, 0.6) is 11.5 Å². The monoisotopic (exact) mass is 309 g/mol. The smallest absolute Gasteiger partial charge is 0.242 e. The molecule has 1 aromatic carbocycles. The molecule has 114 valence electrons. The normalized spacial score (nSPS) is 12.2. The number of aromatic amines is 1. The molecule has 0 saturated heterocycles. The minimum absolute atomic E-state index is 0.0794. The van der Waals surface area contributed by atoms with Gasteiger partial charge in [-0.15, -0.1) is 0 Å². The zero-order valence-electron chi connectivity index (χ0n) is 12.5. The number of nitrogens with zero attached hydrogens (tertiary/aromatic N) is 1. The summed E-state index contributed by atoms with van der Waals surface area (Å²) in [7, 11) is 3.15. The number of methoxy groups -OCH3 is 2. The molecule has 0 radical (unpaired) electrons. The zero-order chi connectivity index (χ0) is 15.6. The molecule has 1 aromatic heterocycles. The van der Waals surface area contributed by atoms with Crippen molar-refractivity contribution in [3.63, 3.8) is 0 Å². The van der Waals surface area contributed by atoms with E-state index in [4.69, 9.17) is 21.7 Å².